The second kappa shape index (κ2) is 10.1. The van der Waals surface area contributed by atoms with Crippen LogP contribution >= 0.6 is 0 Å². The molecule has 1 aromatic rings. The van der Waals surface area contributed by atoms with Crippen molar-refractivity contribution in [3.8, 4) is 0 Å². The molecule has 10 nitrogen and oxygen atoms in total. The summed E-state index contributed by atoms with van der Waals surface area (Å²) in [7, 11) is 0. The van der Waals surface area contributed by atoms with Crippen molar-refractivity contribution in [2.45, 2.75) is 52.2 Å². The monoisotopic (exact) mass is 457 g/mol. The first-order valence-corrected chi connectivity index (χ1v) is 11.2. The quantitative estimate of drug-likeness (QED) is 0.492. The number of nitrogens with one attached hydrogen (secondary N) is 2. The molecule has 178 valence electrons. The highest BCUT2D eigenvalue weighted by molar-refractivity contribution is 5.97. The molecule has 0 aromatic carbocycles. The van der Waals surface area contributed by atoms with Gasteiger partial charge < -0.3 is 20.6 Å². The van der Waals surface area contributed by atoms with Gasteiger partial charge in [-0.15, -0.1) is 0 Å². The minimum Gasteiger partial charge on any atom is -0.480 e. The highest BCUT2D eigenvalue weighted by Crippen LogP contribution is 2.38. The van der Waals surface area contributed by atoms with E-state index in [0.29, 0.717) is 13.0 Å². The number of amides is 3. The largest absolute Gasteiger partial charge is 0.480 e. The van der Waals surface area contributed by atoms with Crippen molar-refractivity contribution in [1.82, 2.24) is 25.5 Å². The van der Waals surface area contributed by atoms with Crippen molar-refractivity contribution in [2.24, 2.45) is 23.7 Å². The summed E-state index contributed by atoms with van der Waals surface area (Å²) in [6, 6.07) is -2.76. The molecule has 2 aliphatic rings. The Morgan fingerprint density at radius 1 is 1.06 bits per heavy atom. The van der Waals surface area contributed by atoms with Gasteiger partial charge in [0, 0.05) is 30.8 Å². The minimum absolute atomic E-state index is 0.00764. The van der Waals surface area contributed by atoms with Crippen molar-refractivity contribution >= 4 is 23.7 Å². The van der Waals surface area contributed by atoms with E-state index in [2.05, 4.69) is 20.6 Å². The smallest absolute Gasteiger partial charge is 0.326 e. The maximum absolute atomic E-state index is 13.4. The van der Waals surface area contributed by atoms with Crippen LogP contribution in [0.5, 0.6) is 0 Å². The second-order valence-corrected chi connectivity index (χ2v) is 9.28. The van der Waals surface area contributed by atoms with Gasteiger partial charge in [0.05, 0.1) is 6.20 Å². The normalized spacial score (nSPS) is 23.3. The van der Waals surface area contributed by atoms with Crippen LogP contribution in [-0.4, -0.2) is 68.3 Å². The van der Waals surface area contributed by atoms with E-state index in [4.69, 9.17) is 0 Å². The number of rotatable bonds is 8. The van der Waals surface area contributed by atoms with Crippen molar-refractivity contribution < 1.29 is 24.3 Å². The van der Waals surface area contributed by atoms with Crippen LogP contribution in [0, 0.1) is 23.7 Å². The molecule has 10 heteroatoms. The Kier molecular flexibility index (Phi) is 7.45. The van der Waals surface area contributed by atoms with Crippen LogP contribution in [0.2, 0.25) is 0 Å². The molecule has 2 heterocycles. The van der Waals surface area contributed by atoms with Crippen molar-refractivity contribution in [1.29, 1.82) is 0 Å². The van der Waals surface area contributed by atoms with Crippen LogP contribution in [0.1, 0.15) is 44.6 Å². The molecule has 1 aliphatic carbocycles. The lowest BCUT2D eigenvalue weighted by atomic mass is 9.93. The van der Waals surface area contributed by atoms with E-state index in [9.17, 15) is 24.3 Å². The van der Waals surface area contributed by atoms with Gasteiger partial charge in [-0.1, -0.05) is 39.8 Å². The fraction of sp³-hybridized carbons (Fsp3) is 0.565. The Labute approximate surface area is 192 Å². The number of aliphatic carboxylic acids is 1. The number of aromatic nitrogens is 2. The molecular formula is C23H31N5O5. The fourth-order valence-electron chi connectivity index (χ4n) is 4.50. The van der Waals surface area contributed by atoms with Crippen LogP contribution in [0.4, 0.5) is 0 Å². The molecule has 33 heavy (non-hydrogen) atoms. The predicted octanol–water partition coefficient (Wildman–Crippen LogP) is 0.860. The topological polar surface area (TPSA) is 142 Å². The standard InChI is InChI=1S/C23H31N5O5/c1-12(2)17(26-20(29)16-10-24-8-9-25-16)21(30)27-18(13(3)4)22(31)28-11-14-6-5-7-15(14)19(28)23(32)33/h5-6,8-10,12-15,17-19H,7,11H2,1-4H3,(H,26,29)(H,27,30)(H,32,33)/t14-,15+,17+,18+,19?/m1/s1. The van der Waals surface area contributed by atoms with Gasteiger partial charge in [-0.05, 0) is 18.3 Å². The molecule has 0 spiro atoms. The maximum atomic E-state index is 13.4. The zero-order chi connectivity index (χ0) is 24.3. The molecule has 3 amide bonds. The first kappa shape index (κ1) is 24.3. The van der Waals surface area contributed by atoms with E-state index < -0.39 is 41.8 Å². The summed E-state index contributed by atoms with van der Waals surface area (Å²) >= 11 is 0. The van der Waals surface area contributed by atoms with E-state index in [0.717, 1.165) is 0 Å². The van der Waals surface area contributed by atoms with Crippen molar-refractivity contribution in [3.05, 3.63) is 36.4 Å². The van der Waals surface area contributed by atoms with Gasteiger partial charge in [-0.25, -0.2) is 9.78 Å². The van der Waals surface area contributed by atoms with Gasteiger partial charge in [-0.3, -0.25) is 19.4 Å². The predicted molar refractivity (Wildman–Crippen MR) is 119 cm³/mol. The molecule has 1 aromatic heterocycles. The molecule has 5 atom stereocenters. The van der Waals surface area contributed by atoms with Crippen LogP contribution in [-0.2, 0) is 14.4 Å². The van der Waals surface area contributed by atoms with E-state index in [-0.39, 0.29) is 29.4 Å². The van der Waals surface area contributed by atoms with Crippen molar-refractivity contribution in [2.75, 3.05) is 6.54 Å². The summed E-state index contributed by atoms with van der Waals surface area (Å²) < 4.78 is 0. The molecule has 1 fully saturated rings. The Morgan fingerprint density at radius 3 is 2.33 bits per heavy atom. The summed E-state index contributed by atoms with van der Waals surface area (Å²) in [5.74, 6) is -3.21. The minimum atomic E-state index is -1.04. The Morgan fingerprint density at radius 2 is 1.76 bits per heavy atom. The van der Waals surface area contributed by atoms with Gasteiger partial charge in [0.15, 0.2) is 0 Å². The Hall–Kier alpha value is -3.30. The van der Waals surface area contributed by atoms with Crippen LogP contribution in [0.15, 0.2) is 30.7 Å². The highest BCUT2D eigenvalue weighted by atomic mass is 16.4. The lowest BCUT2D eigenvalue weighted by Crippen LogP contribution is -2.58. The van der Waals surface area contributed by atoms with Gasteiger partial charge in [0.1, 0.15) is 23.8 Å². The Bertz CT molecular complexity index is 932. The second-order valence-electron chi connectivity index (χ2n) is 9.28. The molecule has 1 aliphatic heterocycles. The average Bonchev–Trinajstić information content (AvgIpc) is 3.36. The summed E-state index contributed by atoms with van der Waals surface area (Å²) in [6.07, 6.45) is 8.67. The third-order valence-corrected chi connectivity index (χ3v) is 6.29. The van der Waals surface area contributed by atoms with Crippen molar-refractivity contribution in [3.63, 3.8) is 0 Å². The van der Waals surface area contributed by atoms with Crippen LogP contribution < -0.4 is 10.6 Å². The summed E-state index contributed by atoms with van der Waals surface area (Å²) in [5, 5.41) is 15.2. The number of fused-ring (bicyclic) bond motifs is 1. The van der Waals surface area contributed by atoms with E-state index in [1.54, 1.807) is 27.7 Å². The van der Waals surface area contributed by atoms with Gasteiger partial charge in [0.25, 0.3) is 5.91 Å². The summed E-state index contributed by atoms with van der Waals surface area (Å²) in [5.41, 5.74) is 0.0772. The molecule has 3 N–H and O–H groups in total. The molecule has 0 radical (unpaired) electrons. The lowest BCUT2D eigenvalue weighted by molar-refractivity contribution is -0.151. The van der Waals surface area contributed by atoms with E-state index >= 15 is 0 Å². The number of carbonyl (C=O) groups is 4. The molecule has 1 unspecified atom stereocenters. The molecular weight excluding hydrogens is 426 g/mol. The number of carbonyl (C=O) groups excluding carboxylic acids is 3. The van der Waals surface area contributed by atoms with E-state index in [1.165, 1.54) is 23.5 Å². The van der Waals surface area contributed by atoms with Gasteiger partial charge in [0.2, 0.25) is 11.8 Å². The summed E-state index contributed by atoms with van der Waals surface area (Å²) in [6.45, 7) is 7.45. The van der Waals surface area contributed by atoms with Gasteiger partial charge in [-0.2, -0.15) is 0 Å². The third-order valence-electron chi connectivity index (χ3n) is 6.29. The van der Waals surface area contributed by atoms with Crippen LogP contribution in [0.25, 0.3) is 0 Å². The Balaban J connectivity index is 1.75. The number of carboxylic acid groups (broad SMARTS) is 1. The van der Waals surface area contributed by atoms with Crippen LogP contribution in [0.3, 0.4) is 0 Å². The molecule has 1 saturated heterocycles. The molecule has 0 saturated carbocycles. The SMILES string of the molecule is CC(C)[C@H](NC(=O)c1cnccn1)C(=O)N[C@H](C(=O)N1C[C@H]2C=CC[C@@H]2C1C(=O)O)C(C)C. The number of likely N-dealkylation sites (tertiary alicyclic amines) is 1. The number of hydrogen-bond acceptors (Lipinski definition) is 6. The number of allylic oxidation sites excluding steroid dienone is 1. The fourth-order valence-corrected chi connectivity index (χ4v) is 4.50. The lowest BCUT2D eigenvalue weighted by Gasteiger charge is -2.32. The molecule has 0 bridgehead atoms. The average molecular weight is 458 g/mol. The van der Waals surface area contributed by atoms with E-state index in [1.807, 2.05) is 12.2 Å². The first-order chi connectivity index (χ1) is 15.6. The first-order valence-electron chi connectivity index (χ1n) is 11.2. The zero-order valence-corrected chi connectivity index (χ0v) is 19.3. The zero-order valence-electron chi connectivity index (χ0n) is 19.3. The molecule has 3 rings (SSSR count). The summed E-state index contributed by atoms with van der Waals surface area (Å²) in [4.78, 5) is 60.2. The number of hydrogen-bond donors (Lipinski definition) is 3. The van der Waals surface area contributed by atoms with Gasteiger partial charge >= 0.3 is 5.97 Å². The highest BCUT2D eigenvalue weighted by Gasteiger charge is 2.49. The maximum Gasteiger partial charge on any atom is 0.326 e. The number of carboxylic acids is 1. The third kappa shape index (κ3) is 5.20. The number of nitrogens with zero attached hydrogens (tertiary/aromatic N) is 3.